The second-order valence-corrected chi connectivity index (χ2v) is 5.76. The molecule has 0 saturated heterocycles. The van der Waals surface area contributed by atoms with Crippen LogP contribution in [0, 0.1) is 0 Å². The third kappa shape index (κ3) is 4.13. The van der Waals surface area contributed by atoms with Gasteiger partial charge in [0.15, 0.2) is 0 Å². The van der Waals surface area contributed by atoms with E-state index in [9.17, 15) is 9.59 Å². The Kier molecular flexibility index (Phi) is 5.11. The van der Waals surface area contributed by atoms with Crippen molar-refractivity contribution in [3.8, 4) is 5.75 Å². The van der Waals surface area contributed by atoms with Gasteiger partial charge in [0.05, 0.1) is 18.2 Å². The summed E-state index contributed by atoms with van der Waals surface area (Å²) in [5.41, 5.74) is 1.15. The Bertz CT molecular complexity index is 712. The molecule has 5 heteroatoms. The number of amides is 2. The normalized spacial score (nSPS) is 13.7. The predicted octanol–water partition coefficient (Wildman–Crippen LogP) is 2.99. The van der Waals surface area contributed by atoms with E-state index in [0.717, 1.165) is 12.8 Å². The Morgan fingerprint density at radius 1 is 1.00 bits per heavy atom. The summed E-state index contributed by atoms with van der Waals surface area (Å²) in [6.45, 7) is -0.0918. The standard InChI is InChI=1S/C19H20N2O3/c22-18(21-14-7-2-1-3-8-14)13-20-19(23)16-11-4-5-12-17(16)24-15-9-6-10-15/h1-5,7-8,11-12,15H,6,9-10,13H2,(H,20,23)(H,21,22). The summed E-state index contributed by atoms with van der Waals surface area (Å²) >= 11 is 0. The number of carbonyl (C=O) groups is 2. The van der Waals surface area contributed by atoms with Gasteiger partial charge in [-0.15, -0.1) is 0 Å². The van der Waals surface area contributed by atoms with Gasteiger partial charge < -0.3 is 15.4 Å². The molecule has 0 atom stereocenters. The maximum Gasteiger partial charge on any atom is 0.255 e. The molecule has 0 spiro atoms. The molecule has 0 unspecified atom stereocenters. The number of hydrogen-bond acceptors (Lipinski definition) is 3. The van der Waals surface area contributed by atoms with E-state index < -0.39 is 0 Å². The van der Waals surface area contributed by atoms with Crippen LogP contribution in [0.4, 0.5) is 5.69 Å². The lowest BCUT2D eigenvalue weighted by Gasteiger charge is -2.27. The molecule has 3 rings (SSSR count). The molecule has 1 aliphatic rings. The van der Waals surface area contributed by atoms with Crippen LogP contribution in [0.3, 0.4) is 0 Å². The number of rotatable bonds is 6. The molecule has 2 N–H and O–H groups in total. The lowest BCUT2D eigenvalue weighted by Crippen LogP contribution is -2.33. The van der Waals surface area contributed by atoms with Gasteiger partial charge in [-0.05, 0) is 43.5 Å². The highest BCUT2D eigenvalue weighted by molar-refractivity contribution is 6.00. The molecule has 2 amide bonds. The van der Waals surface area contributed by atoms with Crippen molar-refractivity contribution in [2.75, 3.05) is 11.9 Å². The zero-order valence-corrected chi connectivity index (χ0v) is 13.3. The second-order valence-electron chi connectivity index (χ2n) is 5.76. The SMILES string of the molecule is O=C(CNC(=O)c1ccccc1OC1CCC1)Nc1ccccc1. The Morgan fingerprint density at radius 3 is 2.42 bits per heavy atom. The third-order valence-corrected chi connectivity index (χ3v) is 3.94. The summed E-state index contributed by atoms with van der Waals surface area (Å²) in [5, 5.41) is 5.37. The monoisotopic (exact) mass is 324 g/mol. The first-order chi connectivity index (χ1) is 11.7. The summed E-state index contributed by atoms with van der Waals surface area (Å²) < 4.78 is 5.84. The van der Waals surface area contributed by atoms with Crippen LogP contribution >= 0.6 is 0 Å². The van der Waals surface area contributed by atoms with E-state index in [1.165, 1.54) is 6.42 Å². The maximum atomic E-state index is 12.3. The molecule has 2 aromatic rings. The number of benzene rings is 2. The number of para-hydroxylation sites is 2. The topological polar surface area (TPSA) is 67.4 Å². The smallest absolute Gasteiger partial charge is 0.255 e. The quantitative estimate of drug-likeness (QED) is 0.858. The van der Waals surface area contributed by atoms with Crippen molar-refractivity contribution in [2.45, 2.75) is 25.4 Å². The fourth-order valence-corrected chi connectivity index (χ4v) is 2.41. The Labute approximate surface area is 141 Å². The van der Waals surface area contributed by atoms with Crippen LogP contribution < -0.4 is 15.4 Å². The first-order valence-electron chi connectivity index (χ1n) is 8.11. The number of hydrogen-bond donors (Lipinski definition) is 2. The van der Waals surface area contributed by atoms with Gasteiger partial charge in [0.1, 0.15) is 5.75 Å². The Balaban J connectivity index is 1.55. The molecule has 1 saturated carbocycles. The van der Waals surface area contributed by atoms with Gasteiger partial charge in [-0.3, -0.25) is 9.59 Å². The predicted molar refractivity (Wildman–Crippen MR) is 92.1 cm³/mol. The molecule has 124 valence electrons. The van der Waals surface area contributed by atoms with E-state index in [4.69, 9.17) is 4.74 Å². The van der Waals surface area contributed by atoms with E-state index >= 15 is 0 Å². The molecule has 0 aliphatic heterocycles. The van der Waals surface area contributed by atoms with E-state index in [0.29, 0.717) is 17.0 Å². The van der Waals surface area contributed by atoms with Crippen molar-refractivity contribution in [1.29, 1.82) is 0 Å². The van der Waals surface area contributed by atoms with Crippen LogP contribution in [-0.4, -0.2) is 24.5 Å². The van der Waals surface area contributed by atoms with E-state index in [2.05, 4.69) is 10.6 Å². The Hall–Kier alpha value is -2.82. The van der Waals surface area contributed by atoms with Gasteiger partial charge in [-0.25, -0.2) is 0 Å². The molecule has 0 radical (unpaired) electrons. The molecule has 1 fully saturated rings. The average molecular weight is 324 g/mol. The molecular formula is C19H20N2O3. The third-order valence-electron chi connectivity index (χ3n) is 3.94. The van der Waals surface area contributed by atoms with Gasteiger partial charge in [-0.1, -0.05) is 30.3 Å². The number of carbonyl (C=O) groups excluding carboxylic acids is 2. The van der Waals surface area contributed by atoms with E-state index in [1.54, 1.807) is 30.3 Å². The van der Waals surface area contributed by atoms with Crippen LogP contribution in [0.25, 0.3) is 0 Å². The minimum absolute atomic E-state index is 0.0918. The maximum absolute atomic E-state index is 12.3. The number of anilines is 1. The van der Waals surface area contributed by atoms with Gasteiger partial charge in [0.2, 0.25) is 5.91 Å². The van der Waals surface area contributed by atoms with Crippen LogP contribution in [0.2, 0.25) is 0 Å². The lowest BCUT2D eigenvalue weighted by atomic mass is 9.96. The zero-order chi connectivity index (χ0) is 16.8. The Morgan fingerprint density at radius 2 is 1.71 bits per heavy atom. The second kappa shape index (κ2) is 7.64. The van der Waals surface area contributed by atoms with Gasteiger partial charge in [-0.2, -0.15) is 0 Å². The highest BCUT2D eigenvalue weighted by Crippen LogP contribution is 2.27. The van der Waals surface area contributed by atoms with Crippen molar-refractivity contribution in [3.05, 3.63) is 60.2 Å². The molecule has 2 aromatic carbocycles. The summed E-state index contributed by atoms with van der Waals surface area (Å²) in [6.07, 6.45) is 3.41. The number of nitrogens with one attached hydrogen (secondary N) is 2. The van der Waals surface area contributed by atoms with Crippen molar-refractivity contribution in [2.24, 2.45) is 0 Å². The molecule has 0 heterocycles. The molecule has 5 nitrogen and oxygen atoms in total. The molecule has 0 bridgehead atoms. The van der Waals surface area contributed by atoms with E-state index in [-0.39, 0.29) is 24.5 Å². The van der Waals surface area contributed by atoms with Crippen molar-refractivity contribution >= 4 is 17.5 Å². The van der Waals surface area contributed by atoms with Crippen LogP contribution in [0.15, 0.2) is 54.6 Å². The summed E-state index contributed by atoms with van der Waals surface area (Å²) in [5.74, 6) is -0.0109. The molecule has 24 heavy (non-hydrogen) atoms. The van der Waals surface area contributed by atoms with Crippen molar-refractivity contribution in [3.63, 3.8) is 0 Å². The largest absolute Gasteiger partial charge is 0.490 e. The van der Waals surface area contributed by atoms with Crippen LogP contribution in [-0.2, 0) is 4.79 Å². The van der Waals surface area contributed by atoms with E-state index in [1.807, 2.05) is 24.3 Å². The summed E-state index contributed by atoms with van der Waals surface area (Å²) in [6, 6.07) is 16.2. The van der Waals surface area contributed by atoms with Gasteiger partial charge >= 0.3 is 0 Å². The van der Waals surface area contributed by atoms with Gasteiger partial charge in [0, 0.05) is 5.69 Å². The van der Waals surface area contributed by atoms with Gasteiger partial charge in [0.25, 0.3) is 5.91 Å². The number of ether oxygens (including phenoxy) is 1. The minimum atomic E-state index is -0.312. The van der Waals surface area contributed by atoms with Crippen molar-refractivity contribution < 1.29 is 14.3 Å². The van der Waals surface area contributed by atoms with Crippen molar-refractivity contribution in [1.82, 2.24) is 5.32 Å². The average Bonchev–Trinajstić information content (AvgIpc) is 2.57. The first kappa shape index (κ1) is 16.1. The fraction of sp³-hybridized carbons (Fsp3) is 0.263. The molecule has 1 aliphatic carbocycles. The minimum Gasteiger partial charge on any atom is -0.490 e. The van der Waals surface area contributed by atoms with Crippen LogP contribution in [0.1, 0.15) is 29.6 Å². The molecular weight excluding hydrogens is 304 g/mol. The lowest BCUT2D eigenvalue weighted by molar-refractivity contribution is -0.115. The molecule has 0 aromatic heterocycles. The summed E-state index contributed by atoms with van der Waals surface area (Å²) in [4.78, 5) is 24.2. The highest BCUT2D eigenvalue weighted by atomic mass is 16.5. The highest BCUT2D eigenvalue weighted by Gasteiger charge is 2.22. The van der Waals surface area contributed by atoms with Crippen LogP contribution in [0.5, 0.6) is 5.75 Å². The first-order valence-corrected chi connectivity index (χ1v) is 8.11. The fourth-order valence-electron chi connectivity index (χ4n) is 2.41. The summed E-state index contributed by atoms with van der Waals surface area (Å²) in [7, 11) is 0. The zero-order valence-electron chi connectivity index (χ0n) is 13.3.